The first-order valence-corrected chi connectivity index (χ1v) is 8.10. The maximum Gasteiger partial charge on any atom is 0.240 e. The summed E-state index contributed by atoms with van der Waals surface area (Å²) in [6.45, 7) is 0.451. The van der Waals surface area contributed by atoms with Crippen LogP contribution < -0.4 is 15.8 Å². The van der Waals surface area contributed by atoms with Crippen LogP contribution in [0.1, 0.15) is 5.56 Å². The average molecular weight is 326 g/mol. The molecule has 0 aliphatic carbocycles. The second-order valence-corrected chi connectivity index (χ2v) is 6.70. The Balaban J connectivity index is 2.24. The maximum atomic E-state index is 11.8. The molecule has 0 saturated carbocycles. The van der Waals surface area contributed by atoms with E-state index in [9.17, 15) is 8.42 Å². The second-order valence-electron chi connectivity index (χ2n) is 4.40. The molecule has 0 aliphatic heterocycles. The molecule has 112 valence electrons. The number of benzene rings is 2. The van der Waals surface area contributed by atoms with Crippen LogP contribution >= 0.6 is 11.6 Å². The van der Waals surface area contributed by atoms with Crippen molar-refractivity contribution >= 4 is 33.0 Å². The number of hydrogen-bond acceptors (Lipinski definition) is 4. The number of nitrogen functional groups attached to an aromatic ring is 1. The lowest BCUT2D eigenvalue weighted by Gasteiger charge is -2.12. The van der Waals surface area contributed by atoms with E-state index in [-0.39, 0.29) is 4.90 Å². The topological polar surface area (TPSA) is 84.2 Å². The Morgan fingerprint density at radius 2 is 1.90 bits per heavy atom. The number of rotatable bonds is 5. The summed E-state index contributed by atoms with van der Waals surface area (Å²) in [7, 11) is -2.14. The van der Waals surface area contributed by atoms with E-state index in [0.29, 0.717) is 22.9 Å². The Hall–Kier alpha value is -1.76. The highest BCUT2D eigenvalue weighted by molar-refractivity contribution is 7.89. The molecular weight excluding hydrogens is 310 g/mol. The van der Waals surface area contributed by atoms with Crippen LogP contribution in [0.15, 0.2) is 47.4 Å². The van der Waals surface area contributed by atoms with E-state index in [0.717, 1.165) is 5.56 Å². The minimum Gasteiger partial charge on any atom is -0.397 e. The van der Waals surface area contributed by atoms with Gasteiger partial charge in [-0.1, -0.05) is 29.8 Å². The fraction of sp³-hybridized carbons (Fsp3) is 0.143. The minimum atomic E-state index is -3.50. The SMILES string of the molecule is CNS(=O)(=O)c1ccc(N)c(NCc2ccccc2Cl)c1. The van der Waals surface area contributed by atoms with E-state index in [1.807, 2.05) is 18.2 Å². The van der Waals surface area contributed by atoms with Crippen molar-refractivity contribution in [3.63, 3.8) is 0 Å². The van der Waals surface area contributed by atoms with Gasteiger partial charge in [-0.05, 0) is 36.9 Å². The Kier molecular flexibility index (Phi) is 4.72. The molecule has 0 amide bonds. The van der Waals surface area contributed by atoms with Crippen molar-refractivity contribution in [1.82, 2.24) is 4.72 Å². The molecular formula is C14H16ClN3O2S. The van der Waals surface area contributed by atoms with Gasteiger partial charge in [0.15, 0.2) is 0 Å². The van der Waals surface area contributed by atoms with Crippen molar-refractivity contribution in [2.45, 2.75) is 11.4 Å². The number of halogens is 1. The lowest BCUT2D eigenvalue weighted by molar-refractivity contribution is 0.588. The first kappa shape index (κ1) is 15.6. The third-order valence-electron chi connectivity index (χ3n) is 3.03. The summed E-state index contributed by atoms with van der Waals surface area (Å²) in [4.78, 5) is 0.154. The number of sulfonamides is 1. The van der Waals surface area contributed by atoms with Crippen LogP contribution in [0.25, 0.3) is 0 Å². The van der Waals surface area contributed by atoms with Crippen LogP contribution in [0, 0.1) is 0 Å². The number of nitrogens with two attached hydrogens (primary N) is 1. The highest BCUT2D eigenvalue weighted by Gasteiger charge is 2.13. The predicted molar refractivity (Wildman–Crippen MR) is 85.9 cm³/mol. The fourth-order valence-corrected chi connectivity index (χ4v) is 2.76. The number of hydrogen-bond donors (Lipinski definition) is 3. The zero-order valence-electron chi connectivity index (χ0n) is 11.4. The quantitative estimate of drug-likeness (QED) is 0.737. The Morgan fingerprint density at radius 3 is 2.57 bits per heavy atom. The molecule has 4 N–H and O–H groups in total. The maximum absolute atomic E-state index is 11.8. The molecule has 0 heterocycles. The molecule has 21 heavy (non-hydrogen) atoms. The zero-order chi connectivity index (χ0) is 15.5. The van der Waals surface area contributed by atoms with Crippen LogP contribution in [0.4, 0.5) is 11.4 Å². The summed E-state index contributed by atoms with van der Waals surface area (Å²) < 4.78 is 25.9. The van der Waals surface area contributed by atoms with Crippen LogP contribution in [0.3, 0.4) is 0 Å². The van der Waals surface area contributed by atoms with E-state index in [1.165, 1.54) is 19.2 Å². The fourth-order valence-electron chi connectivity index (χ4n) is 1.81. The van der Waals surface area contributed by atoms with Gasteiger partial charge in [-0.25, -0.2) is 13.1 Å². The van der Waals surface area contributed by atoms with Gasteiger partial charge in [-0.3, -0.25) is 0 Å². The third kappa shape index (κ3) is 3.66. The molecule has 0 unspecified atom stereocenters. The van der Waals surface area contributed by atoms with Crippen LogP contribution in [-0.4, -0.2) is 15.5 Å². The van der Waals surface area contributed by atoms with Crippen molar-refractivity contribution in [2.75, 3.05) is 18.1 Å². The molecule has 0 bridgehead atoms. The van der Waals surface area contributed by atoms with Crippen molar-refractivity contribution < 1.29 is 8.42 Å². The van der Waals surface area contributed by atoms with Crippen molar-refractivity contribution in [3.05, 3.63) is 53.1 Å². The highest BCUT2D eigenvalue weighted by Crippen LogP contribution is 2.24. The molecule has 2 aromatic rings. The normalized spacial score (nSPS) is 11.3. The molecule has 2 rings (SSSR count). The van der Waals surface area contributed by atoms with Gasteiger partial charge < -0.3 is 11.1 Å². The summed E-state index contributed by atoms with van der Waals surface area (Å²) in [5, 5.41) is 3.75. The molecule has 0 radical (unpaired) electrons. The van der Waals surface area contributed by atoms with Crippen LogP contribution in [0.2, 0.25) is 5.02 Å². The molecule has 7 heteroatoms. The van der Waals surface area contributed by atoms with Gasteiger partial charge in [-0.2, -0.15) is 0 Å². The lowest BCUT2D eigenvalue weighted by Crippen LogP contribution is -2.18. The average Bonchev–Trinajstić information content (AvgIpc) is 2.47. The van der Waals surface area contributed by atoms with Gasteiger partial charge in [-0.15, -0.1) is 0 Å². The molecule has 2 aromatic carbocycles. The van der Waals surface area contributed by atoms with Gasteiger partial charge in [0.25, 0.3) is 0 Å². The van der Waals surface area contributed by atoms with E-state index >= 15 is 0 Å². The Morgan fingerprint density at radius 1 is 1.19 bits per heavy atom. The molecule has 0 fully saturated rings. The Labute approximate surface area is 129 Å². The molecule has 5 nitrogen and oxygen atoms in total. The van der Waals surface area contributed by atoms with E-state index in [4.69, 9.17) is 17.3 Å². The smallest absolute Gasteiger partial charge is 0.240 e. The zero-order valence-corrected chi connectivity index (χ0v) is 13.0. The molecule has 0 atom stereocenters. The van der Waals surface area contributed by atoms with Gasteiger partial charge in [0.05, 0.1) is 16.3 Å². The van der Waals surface area contributed by atoms with Crippen molar-refractivity contribution in [1.29, 1.82) is 0 Å². The summed E-state index contributed by atoms with van der Waals surface area (Å²) in [5.41, 5.74) is 7.79. The van der Waals surface area contributed by atoms with Gasteiger partial charge in [0.2, 0.25) is 10.0 Å². The van der Waals surface area contributed by atoms with Crippen LogP contribution in [0.5, 0.6) is 0 Å². The van der Waals surface area contributed by atoms with Crippen LogP contribution in [-0.2, 0) is 16.6 Å². The summed E-state index contributed by atoms with van der Waals surface area (Å²) >= 11 is 6.08. The van der Waals surface area contributed by atoms with E-state index in [2.05, 4.69) is 10.0 Å². The van der Waals surface area contributed by atoms with Crippen molar-refractivity contribution in [2.24, 2.45) is 0 Å². The second kappa shape index (κ2) is 6.34. The molecule has 0 aromatic heterocycles. The summed E-state index contributed by atoms with van der Waals surface area (Å²) in [5.74, 6) is 0. The van der Waals surface area contributed by atoms with Gasteiger partial charge >= 0.3 is 0 Å². The summed E-state index contributed by atoms with van der Waals surface area (Å²) in [6, 6.07) is 11.9. The molecule has 0 spiro atoms. The predicted octanol–water partition coefficient (Wildman–Crippen LogP) is 2.44. The Bertz CT molecular complexity index is 748. The standard InChI is InChI=1S/C14H16ClN3O2S/c1-17-21(19,20)11-6-7-13(16)14(8-11)18-9-10-4-2-3-5-12(10)15/h2-8,17-18H,9,16H2,1H3. The molecule has 0 saturated heterocycles. The first-order valence-electron chi connectivity index (χ1n) is 6.24. The number of anilines is 2. The summed E-state index contributed by atoms with van der Waals surface area (Å²) in [6.07, 6.45) is 0. The van der Waals surface area contributed by atoms with Gasteiger partial charge in [0.1, 0.15) is 0 Å². The third-order valence-corrected chi connectivity index (χ3v) is 4.81. The van der Waals surface area contributed by atoms with Gasteiger partial charge in [0, 0.05) is 11.6 Å². The largest absolute Gasteiger partial charge is 0.397 e. The lowest BCUT2D eigenvalue weighted by atomic mass is 10.2. The van der Waals surface area contributed by atoms with E-state index < -0.39 is 10.0 Å². The molecule has 0 aliphatic rings. The van der Waals surface area contributed by atoms with Crippen molar-refractivity contribution in [3.8, 4) is 0 Å². The monoisotopic (exact) mass is 325 g/mol. The first-order chi connectivity index (χ1) is 9.94. The number of nitrogens with one attached hydrogen (secondary N) is 2. The minimum absolute atomic E-state index is 0.154. The highest BCUT2D eigenvalue weighted by atomic mass is 35.5. The van der Waals surface area contributed by atoms with E-state index in [1.54, 1.807) is 12.1 Å².